The van der Waals surface area contributed by atoms with Crippen LogP contribution in [0, 0.1) is 0 Å². The van der Waals surface area contributed by atoms with E-state index in [1.54, 1.807) is 12.1 Å². The average molecular weight is 224 g/mol. The molecule has 1 rings (SSSR count). The van der Waals surface area contributed by atoms with E-state index in [1.807, 2.05) is 13.8 Å². The Hall–Kier alpha value is 0.130. The quantitative estimate of drug-likeness (QED) is 0.527. The Labute approximate surface area is 108 Å². The van der Waals surface area contributed by atoms with E-state index in [0.717, 1.165) is 5.56 Å². The maximum Gasteiger partial charge on any atom is 1.00 e. The fourth-order valence-electron chi connectivity index (χ4n) is 1.02. The van der Waals surface area contributed by atoms with Crippen molar-refractivity contribution in [3.63, 3.8) is 0 Å². The van der Waals surface area contributed by atoms with Crippen LogP contribution in [0.2, 0.25) is 0 Å². The molecule has 74 valence electrons. The van der Waals surface area contributed by atoms with Crippen LogP contribution in [0.5, 0.6) is 0 Å². The molecule has 0 aromatic heterocycles. The van der Waals surface area contributed by atoms with Crippen molar-refractivity contribution in [1.82, 2.24) is 0 Å². The van der Waals surface area contributed by atoms with Gasteiger partial charge in [0.15, 0.2) is 0 Å². The third kappa shape index (κ3) is 3.71. The molecule has 0 heterocycles. The van der Waals surface area contributed by atoms with E-state index in [0.29, 0.717) is 5.92 Å². The molecular weight excluding hydrogens is 211 g/mol. The van der Waals surface area contributed by atoms with Crippen molar-refractivity contribution in [2.45, 2.75) is 24.7 Å². The molecule has 0 fully saturated rings. The molecule has 1 N–H and O–H groups in total. The van der Waals surface area contributed by atoms with Crippen molar-refractivity contribution in [2.75, 3.05) is 0 Å². The molecule has 0 amide bonds. The summed E-state index contributed by atoms with van der Waals surface area (Å²) in [6.07, 6.45) is 0. The van der Waals surface area contributed by atoms with Crippen molar-refractivity contribution in [1.29, 1.82) is 0 Å². The summed E-state index contributed by atoms with van der Waals surface area (Å²) in [6.45, 7) is 4.03. The van der Waals surface area contributed by atoms with E-state index in [1.165, 1.54) is 12.1 Å². The van der Waals surface area contributed by atoms with Gasteiger partial charge in [0.05, 0.1) is 4.90 Å². The second-order valence-electron chi connectivity index (χ2n) is 3.20. The molecule has 0 bridgehead atoms. The molecule has 0 spiro atoms. The van der Waals surface area contributed by atoms with Gasteiger partial charge >= 0.3 is 29.6 Å². The number of hydrogen-bond donors (Lipinski definition) is 1. The fourth-order valence-corrected chi connectivity index (χ4v) is 1.50. The normalized spacial score (nSPS) is 11.1. The van der Waals surface area contributed by atoms with Crippen LogP contribution in [0.4, 0.5) is 0 Å². The largest absolute Gasteiger partial charge is 1.00 e. The van der Waals surface area contributed by atoms with E-state index in [4.69, 9.17) is 4.55 Å². The van der Waals surface area contributed by atoms with Gasteiger partial charge in [-0.05, 0) is 23.6 Å². The zero-order chi connectivity index (χ0) is 10.1. The van der Waals surface area contributed by atoms with E-state index in [9.17, 15) is 8.42 Å². The topological polar surface area (TPSA) is 54.4 Å². The van der Waals surface area contributed by atoms with E-state index in [-0.39, 0.29) is 35.9 Å². The molecule has 14 heavy (non-hydrogen) atoms. The third-order valence-corrected chi connectivity index (χ3v) is 2.71. The van der Waals surface area contributed by atoms with E-state index in [2.05, 4.69) is 0 Å². The Kier molecular flexibility index (Phi) is 5.33. The third-order valence-electron chi connectivity index (χ3n) is 1.84. The van der Waals surface area contributed by atoms with Crippen LogP contribution in [0.3, 0.4) is 0 Å². The minimum Gasteiger partial charge on any atom is -1.00 e. The van der Waals surface area contributed by atoms with Crippen LogP contribution in [0.1, 0.15) is 26.8 Å². The van der Waals surface area contributed by atoms with E-state index < -0.39 is 10.1 Å². The summed E-state index contributed by atoms with van der Waals surface area (Å²) in [5.41, 5.74) is 1.05. The van der Waals surface area contributed by atoms with Crippen LogP contribution >= 0.6 is 0 Å². The second-order valence-corrected chi connectivity index (χ2v) is 4.62. The summed E-state index contributed by atoms with van der Waals surface area (Å²) in [6, 6.07) is 6.22. The maximum absolute atomic E-state index is 10.7. The number of hydrogen-bond acceptors (Lipinski definition) is 2. The average Bonchev–Trinajstić information content (AvgIpc) is 2.03. The first kappa shape index (κ1) is 14.1. The van der Waals surface area contributed by atoms with Gasteiger partial charge in [0.1, 0.15) is 0 Å². The summed E-state index contributed by atoms with van der Waals surface area (Å²) in [5.74, 6) is 0.357. The fraction of sp³-hybridized carbons (Fsp3) is 0.333. The molecule has 5 heteroatoms. The van der Waals surface area contributed by atoms with Crippen LogP contribution < -0.4 is 29.6 Å². The van der Waals surface area contributed by atoms with Gasteiger partial charge in [-0.3, -0.25) is 4.55 Å². The minimum absolute atomic E-state index is 0. The van der Waals surface area contributed by atoms with Crippen molar-refractivity contribution in [2.24, 2.45) is 0 Å². The van der Waals surface area contributed by atoms with Crippen LogP contribution in [-0.2, 0) is 10.1 Å². The standard InChI is InChI=1S/C9H12O3S.Na.H/c1-7(2)8-3-5-9(6-4-8)13(10,11)12;;/h3-7H,1-2H3,(H,10,11,12);;/q;+1;-1. The predicted molar refractivity (Wildman–Crippen MR) is 51.5 cm³/mol. The molecule has 0 unspecified atom stereocenters. The molecule has 0 aliphatic rings. The van der Waals surface area contributed by atoms with Crippen molar-refractivity contribution < 1.29 is 44.0 Å². The van der Waals surface area contributed by atoms with Gasteiger partial charge in [-0.1, -0.05) is 26.0 Å². The van der Waals surface area contributed by atoms with Crippen molar-refractivity contribution >= 4 is 10.1 Å². The van der Waals surface area contributed by atoms with Crippen LogP contribution in [-0.4, -0.2) is 13.0 Å². The molecule has 0 atom stereocenters. The Bertz CT molecular complexity index is 386. The SMILES string of the molecule is CC(C)c1ccc(S(=O)(=O)O)cc1.[H-].[Na+]. The molecule has 1 aromatic rings. The summed E-state index contributed by atoms with van der Waals surface area (Å²) in [5, 5.41) is 0. The van der Waals surface area contributed by atoms with Crippen LogP contribution in [0.15, 0.2) is 29.2 Å². The minimum atomic E-state index is -4.05. The molecule has 0 aliphatic carbocycles. The van der Waals surface area contributed by atoms with Crippen molar-refractivity contribution in [3.8, 4) is 0 Å². The molecule has 0 aliphatic heterocycles. The first-order valence-electron chi connectivity index (χ1n) is 3.98. The first-order chi connectivity index (χ1) is 5.91. The van der Waals surface area contributed by atoms with Gasteiger partial charge in [-0.2, -0.15) is 8.42 Å². The summed E-state index contributed by atoms with van der Waals surface area (Å²) in [4.78, 5) is -0.0584. The Morgan fingerprint density at radius 2 is 1.64 bits per heavy atom. The maximum atomic E-state index is 10.7. The summed E-state index contributed by atoms with van der Waals surface area (Å²) < 4.78 is 30.0. The molecular formula is C9H13NaO3S. The van der Waals surface area contributed by atoms with Gasteiger partial charge in [0.2, 0.25) is 0 Å². The van der Waals surface area contributed by atoms with Crippen LogP contribution in [0.25, 0.3) is 0 Å². The Morgan fingerprint density at radius 1 is 1.21 bits per heavy atom. The smallest absolute Gasteiger partial charge is 1.00 e. The molecule has 3 nitrogen and oxygen atoms in total. The second kappa shape index (κ2) is 5.28. The van der Waals surface area contributed by atoms with E-state index >= 15 is 0 Å². The predicted octanol–water partition coefficient (Wildman–Crippen LogP) is -0.827. The number of rotatable bonds is 2. The van der Waals surface area contributed by atoms with Gasteiger partial charge in [0, 0.05) is 0 Å². The molecule has 0 saturated carbocycles. The zero-order valence-electron chi connectivity index (χ0n) is 9.56. The zero-order valence-corrected chi connectivity index (χ0v) is 11.4. The van der Waals surface area contributed by atoms with Gasteiger partial charge in [-0.15, -0.1) is 0 Å². The van der Waals surface area contributed by atoms with Gasteiger partial charge in [0.25, 0.3) is 10.1 Å². The van der Waals surface area contributed by atoms with Crippen molar-refractivity contribution in [3.05, 3.63) is 29.8 Å². The molecule has 1 aromatic carbocycles. The Balaban J connectivity index is 0. The first-order valence-corrected chi connectivity index (χ1v) is 5.42. The number of benzene rings is 1. The summed E-state index contributed by atoms with van der Waals surface area (Å²) in [7, 11) is -4.05. The van der Waals surface area contributed by atoms with Gasteiger partial charge < -0.3 is 1.43 Å². The Morgan fingerprint density at radius 3 is 1.93 bits per heavy atom. The molecule has 0 radical (unpaired) electrons. The summed E-state index contributed by atoms with van der Waals surface area (Å²) >= 11 is 0. The molecule has 0 saturated heterocycles. The monoisotopic (exact) mass is 224 g/mol. The van der Waals surface area contributed by atoms with Gasteiger partial charge in [-0.25, -0.2) is 0 Å².